The van der Waals surface area contributed by atoms with Crippen LogP contribution in [0.5, 0.6) is 0 Å². The van der Waals surface area contributed by atoms with Gasteiger partial charge in [-0.15, -0.1) is 0 Å². The molecule has 0 saturated heterocycles. The fraction of sp³-hybridized carbons (Fsp3) is 0.643. The summed E-state index contributed by atoms with van der Waals surface area (Å²) in [7, 11) is 0. The second kappa shape index (κ2) is 6.60. The normalized spacial score (nSPS) is 11.2. The molecule has 0 aliphatic rings. The van der Waals surface area contributed by atoms with Crippen molar-refractivity contribution >= 4 is 5.69 Å². The van der Waals surface area contributed by atoms with E-state index in [4.69, 9.17) is 5.73 Å². The van der Waals surface area contributed by atoms with E-state index < -0.39 is 0 Å². The van der Waals surface area contributed by atoms with Gasteiger partial charge in [0, 0.05) is 25.8 Å². The lowest BCUT2D eigenvalue weighted by atomic mass is 10.1. The number of anilines is 1. The topological polar surface area (TPSA) is 42.2 Å². The van der Waals surface area contributed by atoms with E-state index in [0.717, 1.165) is 18.8 Å². The highest BCUT2D eigenvalue weighted by Crippen LogP contribution is 2.20. The van der Waals surface area contributed by atoms with E-state index in [-0.39, 0.29) is 0 Å². The maximum Gasteiger partial charge on any atom is 0.0772 e. The molecule has 0 aliphatic carbocycles. The lowest BCUT2D eigenvalue weighted by molar-refractivity contribution is 0.550. The zero-order valence-corrected chi connectivity index (χ0v) is 11.5. The van der Waals surface area contributed by atoms with Crippen LogP contribution in [0.25, 0.3) is 0 Å². The minimum absolute atomic E-state index is 0.503. The van der Waals surface area contributed by atoms with Crippen molar-refractivity contribution in [2.24, 2.45) is 17.6 Å². The fourth-order valence-corrected chi connectivity index (χ4v) is 2.03. The summed E-state index contributed by atoms with van der Waals surface area (Å²) in [6, 6.07) is 4.11. The summed E-state index contributed by atoms with van der Waals surface area (Å²) >= 11 is 0. The van der Waals surface area contributed by atoms with Gasteiger partial charge in [-0.1, -0.05) is 27.7 Å². The van der Waals surface area contributed by atoms with E-state index in [9.17, 15) is 0 Å². The molecular formula is C14H25N3. The van der Waals surface area contributed by atoms with Gasteiger partial charge in [0.1, 0.15) is 0 Å². The highest BCUT2D eigenvalue weighted by molar-refractivity contribution is 5.50. The van der Waals surface area contributed by atoms with Crippen molar-refractivity contribution in [3.63, 3.8) is 0 Å². The van der Waals surface area contributed by atoms with Crippen molar-refractivity contribution in [3.8, 4) is 0 Å². The first kappa shape index (κ1) is 14.0. The Morgan fingerprint density at radius 1 is 1.18 bits per heavy atom. The van der Waals surface area contributed by atoms with Gasteiger partial charge >= 0.3 is 0 Å². The summed E-state index contributed by atoms with van der Waals surface area (Å²) in [5.74, 6) is 1.28. The minimum Gasteiger partial charge on any atom is -0.370 e. The van der Waals surface area contributed by atoms with Gasteiger partial charge in [-0.2, -0.15) is 0 Å². The number of hydrogen-bond donors (Lipinski definition) is 1. The molecule has 0 amide bonds. The highest BCUT2D eigenvalue weighted by Gasteiger charge is 2.13. The first-order valence-electron chi connectivity index (χ1n) is 6.43. The summed E-state index contributed by atoms with van der Waals surface area (Å²) in [6.45, 7) is 11.6. The minimum atomic E-state index is 0.503. The number of pyridine rings is 1. The number of rotatable bonds is 6. The molecule has 0 atom stereocenters. The molecule has 3 heteroatoms. The largest absolute Gasteiger partial charge is 0.370 e. The first-order valence-corrected chi connectivity index (χ1v) is 6.43. The second-order valence-electron chi connectivity index (χ2n) is 5.37. The van der Waals surface area contributed by atoms with Gasteiger partial charge in [0.05, 0.1) is 11.4 Å². The Bertz CT molecular complexity index is 324. The van der Waals surface area contributed by atoms with Crippen LogP contribution in [-0.4, -0.2) is 18.1 Å². The Morgan fingerprint density at radius 3 is 2.24 bits per heavy atom. The predicted molar refractivity (Wildman–Crippen MR) is 74.0 cm³/mol. The number of nitrogens with two attached hydrogens (primary N) is 1. The van der Waals surface area contributed by atoms with Crippen LogP contribution in [-0.2, 0) is 6.54 Å². The third-order valence-corrected chi connectivity index (χ3v) is 2.57. The molecule has 3 nitrogen and oxygen atoms in total. The predicted octanol–water partition coefficient (Wildman–Crippen LogP) is 2.66. The fourth-order valence-electron chi connectivity index (χ4n) is 2.03. The van der Waals surface area contributed by atoms with Gasteiger partial charge < -0.3 is 10.6 Å². The van der Waals surface area contributed by atoms with E-state index in [0.29, 0.717) is 18.4 Å². The van der Waals surface area contributed by atoms with Crippen LogP contribution < -0.4 is 10.6 Å². The van der Waals surface area contributed by atoms with Crippen LogP contribution in [0.15, 0.2) is 18.3 Å². The summed E-state index contributed by atoms with van der Waals surface area (Å²) < 4.78 is 0. The van der Waals surface area contributed by atoms with Crippen molar-refractivity contribution in [1.82, 2.24) is 4.98 Å². The molecule has 2 N–H and O–H groups in total. The zero-order valence-electron chi connectivity index (χ0n) is 11.5. The summed E-state index contributed by atoms with van der Waals surface area (Å²) in [5.41, 5.74) is 7.95. The van der Waals surface area contributed by atoms with E-state index >= 15 is 0 Å². The van der Waals surface area contributed by atoms with Gasteiger partial charge in [0.15, 0.2) is 0 Å². The van der Waals surface area contributed by atoms with Gasteiger partial charge in [-0.05, 0) is 24.0 Å². The Hall–Kier alpha value is -1.09. The third-order valence-electron chi connectivity index (χ3n) is 2.57. The summed E-state index contributed by atoms with van der Waals surface area (Å²) in [6.07, 6.45) is 1.81. The van der Waals surface area contributed by atoms with Crippen LogP contribution >= 0.6 is 0 Å². The van der Waals surface area contributed by atoms with Gasteiger partial charge in [-0.3, -0.25) is 4.98 Å². The van der Waals surface area contributed by atoms with Crippen LogP contribution in [0.2, 0.25) is 0 Å². The van der Waals surface area contributed by atoms with Gasteiger partial charge in [0.2, 0.25) is 0 Å². The lowest BCUT2D eigenvalue weighted by Gasteiger charge is -2.29. The molecule has 1 heterocycles. The van der Waals surface area contributed by atoms with Crippen LogP contribution in [0.1, 0.15) is 33.4 Å². The maximum absolute atomic E-state index is 5.76. The molecule has 96 valence electrons. The molecule has 0 saturated carbocycles. The van der Waals surface area contributed by atoms with Gasteiger partial charge in [0.25, 0.3) is 0 Å². The molecule has 1 rings (SSSR count). The summed E-state index contributed by atoms with van der Waals surface area (Å²) in [4.78, 5) is 6.77. The van der Waals surface area contributed by atoms with Crippen molar-refractivity contribution < 1.29 is 0 Å². The van der Waals surface area contributed by atoms with E-state index in [1.165, 1.54) is 5.69 Å². The van der Waals surface area contributed by atoms with Crippen molar-refractivity contribution in [3.05, 3.63) is 24.0 Å². The van der Waals surface area contributed by atoms with Crippen LogP contribution in [0.4, 0.5) is 5.69 Å². The Balaban J connectivity index is 2.94. The SMILES string of the molecule is CC(C)CN(CC(C)C)c1cccnc1CN. The second-order valence-corrected chi connectivity index (χ2v) is 5.37. The highest BCUT2D eigenvalue weighted by atomic mass is 15.1. The van der Waals surface area contributed by atoms with E-state index in [2.05, 4.69) is 43.6 Å². The maximum atomic E-state index is 5.76. The van der Waals surface area contributed by atoms with E-state index in [1.54, 1.807) is 0 Å². The van der Waals surface area contributed by atoms with Crippen molar-refractivity contribution in [1.29, 1.82) is 0 Å². The number of aromatic nitrogens is 1. The molecule has 0 unspecified atom stereocenters. The zero-order chi connectivity index (χ0) is 12.8. The molecule has 1 aromatic heterocycles. The average molecular weight is 235 g/mol. The Kier molecular flexibility index (Phi) is 5.42. The monoisotopic (exact) mass is 235 g/mol. The van der Waals surface area contributed by atoms with Crippen molar-refractivity contribution in [2.45, 2.75) is 34.2 Å². The van der Waals surface area contributed by atoms with Gasteiger partial charge in [-0.25, -0.2) is 0 Å². The quantitative estimate of drug-likeness (QED) is 0.824. The molecule has 17 heavy (non-hydrogen) atoms. The summed E-state index contributed by atoms with van der Waals surface area (Å²) in [5, 5.41) is 0. The van der Waals surface area contributed by atoms with Crippen molar-refractivity contribution in [2.75, 3.05) is 18.0 Å². The molecule has 1 aromatic rings. The van der Waals surface area contributed by atoms with Crippen LogP contribution in [0.3, 0.4) is 0 Å². The van der Waals surface area contributed by atoms with Crippen LogP contribution in [0, 0.1) is 11.8 Å². The number of hydrogen-bond acceptors (Lipinski definition) is 3. The van der Waals surface area contributed by atoms with E-state index in [1.807, 2.05) is 12.3 Å². The smallest absolute Gasteiger partial charge is 0.0772 e. The lowest BCUT2D eigenvalue weighted by Crippen LogP contribution is -2.32. The molecular weight excluding hydrogens is 210 g/mol. The molecule has 0 aliphatic heterocycles. The number of nitrogens with zero attached hydrogens (tertiary/aromatic N) is 2. The molecule has 0 fully saturated rings. The standard InChI is InChI=1S/C14H25N3/c1-11(2)9-17(10-12(3)4)14-6-5-7-16-13(14)8-15/h5-7,11-12H,8-10,15H2,1-4H3. The molecule has 0 aromatic carbocycles. The Morgan fingerprint density at radius 2 is 1.76 bits per heavy atom. The molecule has 0 bridgehead atoms. The Labute approximate surface area is 105 Å². The molecule has 0 radical (unpaired) electrons. The average Bonchev–Trinajstić information content (AvgIpc) is 2.27. The first-order chi connectivity index (χ1) is 8.04. The third kappa shape index (κ3) is 4.35. The molecule has 0 spiro atoms.